The average molecular weight is 284 g/mol. The summed E-state index contributed by atoms with van der Waals surface area (Å²) in [7, 11) is 0. The van der Waals surface area contributed by atoms with Gasteiger partial charge in [0.05, 0.1) is 10.6 Å². The molecule has 1 amide bonds. The maximum absolute atomic E-state index is 11.5. The largest absolute Gasteiger partial charge is 0.368 e. The number of nitrogens with two attached hydrogens (primary N) is 2. The zero-order chi connectivity index (χ0) is 14.3. The predicted molar refractivity (Wildman–Crippen MR) is 80.5 cm³/mol. The Bertz CT molecular complexity index is 811. The van der Waals surface area contributed by atoms with Gasteiger partial charge in [-0.15, -0.1) is 11.3 Å². The number of hydrogen-bond donors (Lipinski definition) is 2. The number of rotatable bonds is 2. The number of carbonyl (C=O) groups is 1. The Morgan fingerprint density at radius 3 is 2.55 bits per heavy atom. The van der Waals surface area contributed by atoms with Gasteiger partial charge < -0.3 is 11.5 Å². The number of hydrogen-bond acceptors (Lipinski definition) is 5. The Morgan fingerprint density at radius 2 is 1.90 bits per heavy atom. The molecule has 3 aromatic rings. The van der Waals surface area contributed by atoms with Gasteiger partial charge in [-0.1, -0.05) is 30.3 Å². The lowest BCUT2D eigenvalue weighted by Gasteiger charge is -2.04. The molecule has 0 unspecified atom stereocenters. The minimum atomic E-state index is -0.455. The number of nitrogens with zero attached hydrogens (tertiary/aromatic N) is 2. The Morgan fingerprint density at radius 1 is 1.20 bits per heavy atom. The third kappa shape index (κ3) is 1.90. The number of anilines is 1. The number of fused-ring (bicyclic) bond motifs is 1. The van der Waals surface area contributed by atoms with Crippen molar-refractivity contribution in [2.45, 2.75) is 6.92 Å². The van der Waals surface area contributed by atoms with Crippen LogP contribution in [0.5, 0.6) is 0 Å². The summed E-state index contributed by atoms with van der Waals surface area (Å²) in [5.41, 5.74) is 13.6. The van der Waals surface area contributed by atoms with Gasteiger partial charge in [0, 0.05) is 10.9 Å². The number of carbonyl (C=O) groups excluding carboxylic acids is 1. The van der Waals surface area contributed by atoms with Gasteiger partial charge in [-0.05, 0) is 12.5 Å². The van der Waals surface area contributed by atoms with Gasteiger partial charge >= 0.3 is 0 Å². The summed E-state index contributed by atoms with van der Waals surface area (Å²) in [6.07, 6.45) is 0. The van der Waals surface area contributed by atoms with Crippen LogP contribution in [0.3, 0.4) is 0 Å². The van der Waals surface area contributed by atoms with E-state index in [1.54, 1.807) is 0 Å². The van der Waals surface area contributed by atoms with E-state index in [4.69, 9.17) is 11.5 Å². The van der Waals surface area contributed by atoms with Crippen molar-refractivity contribution in [2.75, 3.05) is 5.73 Å². The number of nitrogen functional groups attached to an aromatic ring is 1. The summed E-state index contributed by atoms with van der Waals surface area (Å²) >= 11 is 1.25. The molecule has 5 nitrogen and oxygen atoms in total. The molecule has 2 aromatic heterocycles. The van der Waals surface area contributed by atoms with Crippen LogP contribution in [0, 0.1) is 6.92 Å². The molecule has 100 valence electrons. The molecule has 0 fully saturated rings. The van der Waals surface area contributed by atoms with Gasteiger partial charge in [0.25, 0.3) is 5.91 Å². The third-order valence-electron chi connectivity index (χ3n) is 3.08. The standard InChI is InChI=1S/C14H12N4OS/c1-7-9-10(8-5-3-2-4-6-8)17-14(16)18-13(9)20-11(7)12(15)19/h2-6H,1H3,(H2,15,19)(H2,16,17,18). The fraction of sp³-hybridized carbons (Fsp3) is 0.0714. The molecule has 0 radical (unpaired) electrons. The van der Waals surface area contributed by atoms with Gasteiger partial charge in [-0.2, -0.15) is 0 Å². The van der Waals surface area contributed by atoms with Crippen molar-refractivity contribution < 1.29 is 4.79 Å². The minimum Gasteiger partial charge on any atom is -0.368 e. The van der Waals surface area contributed by atoms with E-state index < -0.39 is 5.91 Å². The van der Waals surface area contributed by atoms with Crippen LogP contribution in [0.25, 0.3) is 21.5 Å². The highest BCUT2D eigenvalue weighted by atomic mass is 32.1. The van der Waals surface area contributed by atoms with Gasteiger partial charge in [0.15, 0.2) is 0 Å². The molecule has 0 aliphatic rings. The molecule has 0 saturated heterocycles. The van der Waals surface area contributed by atoms with E-state index >= 15 is 0 Å². The Kier molecular flexibility index (Phi) is 2.87. The fourth-order valence-electron chi connectivity index (χ4n) is 2.20. The van der Waals surface area contributed by atoms with Crippen molar-refractivity contribution in [3.63, 3.8) is 0 Å². The van der Waals surface area contributed by atoms with Crippen LogP contribution in [-0.2, 0) is 0 Å². The molecule has 2 heterocycles. The van der Waals surface area contributed by atoms with Gasteiger partial charge in [-0.3, -0.25) is 4.79 Å². The molecule has 0 aliphatic carbocycles. The zero-order valence-corrected chi connectivity index (χ0v) is 11.6. The van der Waals surface area contributed by atoms with E-state index in [1.807, 2.05) is 37.3 Å². The monoisotopic (exact) mass is 284 g/mol. The molecular formula is C14H12N4OS. The SMILES string of the molecule is Cc1c(C(N)=O)sc2nc(N)nc(-c3ccccc3)c12. The molecule has 0 spiro atoms. The van der Waals surface area contributed by atoms with E-state index in [1.165, 1.54) is 11.3 Å². The van der Waals surface area contributed by atoms with Crippen LogP contribution in [0.15, 0.2) is 30.3 Å². The third-order valence-corrected chi connectivity index (χ3v) is 4.28. The predicted octanol–water partition coefficient (Wildman–Crippen LogP) is 2.35. The molecule has 0 bridgehead atoms. The van der Waals surface area contributed by atoms with E-state index in [0.29, 0.717) is 9.71 Å². The Labute approximate surface area is 119 Å². The highest BCUT2D eigenvalue weighted by Gasteiger charge is 2.19. The minimum absolute atomic E-state index is 0.189. The van der Waals surface area contributed by atoms with Crippen molar-refractivity contribution in [1.82, 2.24) is 9.97 Å². The molecule has 1 aromatic carbocycles. The summed E-state index contributed by atoms with van der Waals surface area (Å²) in [6, 6.07) is 9.68. The van der Waals surface area contributed by atoms with Crippen LogP contribution in [0.1, 0.15) is 15.2 Å². The Balaban J connectivity index is 2.40. The van der Waals surface area contributed by atoms with E-state index in [0.717, 1.165) is 22.2 Å². The van der Waals surface area contributed by atoms with Crippen LogP contribution in [0.2, 0.25) is 0 Å². The smallest absolute Gasteiger partial charge is 0.259 e. The fourth-order valence-corrected chi connectivity index (χ4v) is 3.24. The first-order valence-corrected chi connectivity index (χ1v) is 6.81. The van der Waals surface area contributed by atoms with E-state index in [-0.39, 0.29) is 5.95 Å². The second-order valence-corrected chi connectivity index (χ2v) is 5.40. The maximum atomic E-state index is 11.5. The molecular weight excluding hydrogens is 272 g/mol. The quantitative estimate of drug-likeness (QED) is 0.755. The number of benzene rings is 1. The lowest BCUT2D eigenvalue weighted by Crippen LogP contribution is -2.09. The van der Waals surface area contributed by atoms with Crippen molar-refractivity contribution in [3.05, 3.63) is 40.8 Å². The highest BCUT2D eigenvalue weighted by Crippen LogP contribution is 2.35. The second kappa shape index (κ2) is 4.57. The van der Waals surface area contributed by atoms with E-state index in [2.05, 4.69) is 9.97 Å². The number of primary amides is 1. The molecule has 0 aliphatic heterocycles. The summed E-state index contributed by atoms with van der Waals surface area (Å²) in [6.45, 7) is 1.85. The van der Waals surface area contributed by atoms with E-state index in [9.17, 15) is 4.79 Å². The van der Waals surface area contributed by atoms with Gasteiger partial charge in [-0.25, -0.2) is 9.97 Å². The number of aryl methyl sites for hydroxylation is 1. The Hall–Kier alpha value is -2.47. The summed E-state index contributed by atoms with van der Waals surface area (Å²) in [5, 5.41) is 0.837. The van der Waals surface area contributed by atoms with Crippen LogP contribution < -0.4 is 11.5 Å². The lowest BCUT2D eigenvalue weighted by atomic mass is 10.1. The number of aromatic nitrogens is 2. The summed E-state index contributed by atoms with van der Waals surface area (Å²) in [5.74, 6) is -0.267. The lowest BCUT2D eigenvalue weighted by molar-refractivity contribution is 0.100. The van der Waals surface area contributed by atoms with Crippen molar-refractivity contribution in [3.8, 4) is 11.3 Å². The molecule has 20 heavy (non-hydrogen) atoms. The molecule has 4 N–H and O–H groups in total. The van der Waals surface area contributed by atoms with Crippen LogP contribution in [0.4, 0.5) is 5.95 Å². The highest BCUT2D eigenvalue weighted by molar-refractivity contribution is 7.20. The van der Waals surface area contributed by atoms with Crippen molar-refractivity contribution in [1.29, 1.82) is 0 Å². The zero-order valence-electron chi connectivity index (χ0n) is 10.8. The topological polar surface area (TPSA) is 94.9 Å². The second-order valence-electron chi connectivity index (χ2n) is 4.40. The van der Waals surface area contributed by atoms with Crippen LogP contribution in [-0.4, -0.2) is 15.9 Å². The number of amides is 1. The van der Waals surface area contributed by atoms with Crippen molar-refractivity contribution >= 4 is 33.4 Å². The molecule has 0 atom stereocenters. The van der Waals surface area contributed by atoms with Gasteiger partial charge in [0.1, 0.15) is 4.83 Å². The average Bonchev–Trinajstić information content (AvgIpc) is 2.76. The van der Waals surface area contributed by atoms with Gasteiger partial charge in [0.2, 0.25) is 5.95 Å². The van der Waals surface area contributed by atoms with Crippen molar-refractivity contribution in [2.24, 2.45) is 5.73 Å². The maximum Gasteiger partial charge on any atom is 0.259 e. The molecule has 0 saturated carbocycles. The first kappa shape index (κ1) is 12.6. The van der Waals surface area contributed by atoms with Crippen LogP contribution >= 0.6 is 11.3 Å². The molecule has 3 rings (SSSR count). The first-order valence-electron chi connectivity index (χ1n) is 5.99. The summed E-state index contributed by atoms with van der Waals surface area (Å²) in [4.78, 5) is 21.2. The summed E-state index contributed by atoms with van der Waals surface area (Å²) < 4.78 is 0. The molecule has 6 heteroatoms. The number of thiophene rings is 1. The normalized spacial score (nSPS) is 10.8. The first-order chi connectivity index (χ1) is 9.58.